The zero-order chi connectivity index (χ0) is 30.8. The van der Waals surface area contributed by atoms with E-state index in [0.29, 0.717) is 5.75 Å². The average Bonchev–Trinajstić information content (AvgIpc) is 3.24. The van der Waals surface area contributed by atoms with Gasteiger partial charge in [0.05, 0.1) is 0 Å². The number of fused-ring (bicyclic) bond motifs is 1. The van der Waals surface area contributed by atoms with E-state index < -0.39 is 0 Å². The molecule has 0 radical (unpaired) electrons. The first-order valence-corrected chi connectivity index (χ1v) is 15.1. The summed E-state index contributed by atoms with van der Waals surface area (Å²) >= 11 is 0. The lowest BCUT2D eigenvalue weighted by Gasteiger charge is -2.25. The zero-order valence-corrected chi connectivity index (χ0v) is 27.7. The second-order valence-electron chi connectivity index (χ2n) is 15.6. The van der Waals surface area contributed by atoms with Crippen LogP contribution in [0, 0.1) is 0 Å². The van der Waals surface area contributed by atoms with E-state index in [1.165, 1.54) is 27.8 Å². The van der Waals surface area contributed by atoms with Crippen molar-refractivity contribution >= 4 is 11.1 Å². The van der Waals surface area contributed by atoms with Gasteiger partial charge >= 0.3 is 0 Å². The van der Waals surface area contributed by atoms with E-state index in [-0.39, 0.29) is 21.7 Å². The number of benzene rings is 3. The highest BCUT2D eigenvalue weighted by atomic mass is 16.3. The second-order valence-corrected chi connectivity index (χ2v) is 15.6. The van der Waals surface area contributed by atoms with Crippen LogP contribution in [-0.4, -0.2) is 10.1 Å². The van der Waals surface area contributed by atoms with Gasteiger partial charge in [0.25, 0.3) is 0 Å². The normalized spacial score (nSPS) is 12.8. The van der Waals surface area contributed by atoms with Crippen LogP contribution >= 0.6 is 0 Å². The lowest BCUT2D eigenvalue weighted by atomic mass is 9.80. The minimum atomic E-state index is 0.0281. The van der Waals surface area contributed by atoms with Crippen molar-refractivity contribution in [2.75, 3.05) is 0 Å². The molecule has 1 heterocycles. The fourth-order valence-electron chi connectivity index (χ4n) is 4.74. The molecule has 3 nitrogen and oxygen atoms in total. The number of hydrogen-bond acceptors (Lipinski definition) is 3. The summed E-state index contributed by atoms with van der Waals surface area (Å²) in [5.41, 5.74) is 8.56. The minimum absolute atomic E-state index is 0.0281. The smallest absolute Gasteiger partial charge is 0.195 e. The van der Waals surface area contributed by atoms with E-state index in [1.807, 2.05) is 12.1 Å². The summed E-state index contributed by atoms with van der Waals surface area (Å²) in [7, 11) is 0. The summed E-state index contributed by atoms with van der Waals surface area (Å²) in [5, 5.41) is 9.72. The monoisotopic (exact) mass is 555 g/mol. The molecule has 222 valence electrons. The number of phenols is 1. The van der Waals surface area contributed by atoms with Crippen LogP contribution in [0.15, 0.2) is 65.1 Å². The predicted octanol–water partition coefficient (Wildman–Crippen LogP) is 10.6. The summed E-state index contributed by atoms with van der Waals surface area (Å²) < 4.78 is 6.22. The van der Waals surface area contributed by atoms with Crippen LogP contribution in [0.3, 0.4) is 0 Å². The van der Waals surface area contributed by atoms with E-state index in [2.05, 4.69) is 132 Å². The molecule has 3 heteroatoms. The van der Waals surface area contributed by atoms with Crippen molar-refractivity contribution in [3.63, 3.8) is 0 Å². The first kappa shape index (κ1) is 32.4. The van der Waals surface area contributed by atoms with Gasteiger partial charge in [-0.2, -0.15) is 0 Å². The Bertz CT molecular complexity index is 1400. The van der Waals surface area contributed by atoms with E-state index in [0.717, 1.165) is 36.3 Å². The van der Waals surface area contributed by atoms with Crippen molar-refractivity contribution in [2.45, 2.75) is 124 Å². The van der Waals surface area contributed by atoms with Crippen LogP contribution < -0.4 is 0 Å². The molecule has 0 aliphatic heterocycles. The fraction of sp³-hybridized carbons (Fsp3) is 0.500. The van der Waals surface area contributed by atoms with Gasteiger partial charge in [0.15, 0.2) is 11.5 Å². The molecule has 0 aliphatic rings. The predicted molar refractivity (Wildman–Crippen MR) is 175 cm³/mol. The van der Waals surface area contributed by atoms with Gasteiger partial charge in [-0.1, -0.05) is 126 Å². The van der Waals surface area contributed by atoms with Crippen LogP contribution in [-0.2, 0) is 34.5 Å². The topological polar surface area (TPSA) is 46.3 Å². The molecule has 41 heavy (non-hydrogen) atoms. The molecule has 3 aromatic carbocycles. The maximum absolute atomic E-state index is 9.72. The Hall–Kier alpha value is -3.07. The second kappa shape index (κ2) is 12.0. The van der Waals surface area contributed by atoms with Gasteiger partial charge in [0.1, 0.15) is 11.3 Å². The van der Waals surface area contributed by atoms with Crippen molar-refractivity contribution in [1.82, 2.24) is 4.98 Å². The molecule has 0 saturated carbocycles. The number of hydrogen-bond donors (Lipinski definition) is 1. The molecular formula is C38H53NO2. The lowest BCUT2D eigenvalue weighted by molar-refractivity contribution is 0.466. The van der Waals surface area contributed by atoms with Gasteiger partial charge in [-0.05, 0) is 75.0 Å². The molecule has 0 bridgehead atoms. The van der Waals surface area contributed by atoms with Gasteiger partial charge in [-0.15, -0.1) is 0 Å². The Balaban J connectivity index is 0.000000263. The molecular weight excluding hydrogens is 502 g/mol. The van der Waals surface area contributed by atoms with E-state index in [9.17, 15) is 5.11 Å². The van der Waals surface area contributed by atoms with E-state index in [4.69, 9.17) is 9.40 Å². The number of nitrogens with zero attached hydrogens (tertiary/aromatic N) is 1. The largest absolute Gasteiger partial charge is 0.508 e. The van der Waals surface area contributed by atoms with Crippen molar-refractivity contribution in [3.8, 4) is 5.75 Å². The van der Waals surface area contributed by atoms with Gasteiger partial charge in [0.2, 0.25) is 0 Å². The van der Waals surface area contributed by atoms with Crippen molar-refractivity contribution < 1.29 is 9.52 Å². The average molecular weight is 556 g/mol. The first-order valence-electron chi connectivity index (χ1n) is 15.1. The van der Waals surface area contributed by atoms with E-state index in [1.54, 1.807) is 0 Å². The third-order valence-corrected chi connectivity index (χ3v) is 7.56. The Morgan fingerprint density at radius 1 is 0.610 bits per heavy atom. The summed E-state index contributed by atoms with van der Waals surface area (Å²) in [6.07, 6.45) is 2.98. The third kappa shape index (κ3) is 8.96. The molecule has 0 aliphatic carbocycles. The summed E-state index contributed by atoms with van der Waals surface area (Å²) in [6, 6.07) is 21.0. The van der Waals surface area contributed by atoms with Gasteiger partial charge in [-0.3, -0.25) is 0 Å². The van der Waals surface area contributed by atoms with Crippen LogP contribution in [0.4, 0.5) is 0 Å². The summed E-state index contributed by atoms with van der Waals surface area (Å²) in [5.74, 6) is 1.22. The summed E-state index contributed by atoms with van der Waals surface area (Å²) in [4.78, 5) is 4.83. The number of aryl methyl sites for hydroxylation is 2. The zero-order valence-electron chi connectivity index (χ0n) is 27.7. The van der Waals surface area contributed by atoms with Crippen LogP contribution in [0.2, 0.25) is 0 Å². The SMILES string of the molecule is CC(C)(C)c1cc(C(C)(C)C)c2oc(CCCc3ccccc3)nc2c1.CC(C)(C)c1cc(O)cc(C(C)(C)C)c1. The molecule has 4 aromatic rings. The third-order valence-electron chi connectivity index (χ3n) is 7.56. The van der Waals surface area contributed by atoms with E-state index >= 15 is 0 Å². The molecule has 0 atom stereocenters. The number of oxazole rings is 1. The quantitative estimate of drug-likeness (QED) is 0.272. The van der Waals surface area contributed by atoms with Crippen LogP contribution in [0.25, 0.3) is 11.1 Å². The minimum Gasteiger partial charge on any atom is -0.508 e. The Kier molecular flexibility index (Phi) is 9.53. The molecule has 0 amide bonds. The van der Waals surface area contributed by atoms with Gasteiger partial charge in [-0.25, -0.2) is 4.98 Å². The van der Waals surface area contributed by atoms with Crippen molar-refractivity contribution in [3.05, 3.63) is 94.4 Å². The van der Waals surface area contributed by atoms with Crippen LogP contribution in [0.1, 0.15) is 123 Å². The molecule has 0 saturated heterocycles. The molecule has 0 fully saturated rings. The maximum Gasteiger partial charge on any atom is 0.195 e. The Morgan fingerprint density at radius 3 is 1.61 bits per heavy atom. The number of rotatable bonds is 4. The molecule has 0 unspecified atom stereocenters. The highest BCUT2D eigenvalue weighted by Crippen LogP contribution is 2.36. The molecule has 0 spiro atoms. The molecule has 4 rings (SSSR count). The highest BCUT2D eigenvalue weighted by molar-refractivity contribution is 5.79. The number of phenolic OH excluding ortho intramolecular Hbond substituents is 1. The van der Waals surface area contributed by atoms with Gasteiger partial charge in [0, 0.05) is 12.0 Å². The van der Waals surface area contributed by atoms with Crippen LogP contribution in [0.5, 0.6) is 5.75 Å². The molecule has 1 N–H and O–H groups in total. The standard InChI is InChI=1S/C24H31NO.C14H22O/c1-23(2,3)18-15-19(24(4,5)6)22-20(16-18)25-21(26-22)14-10-13-17-11-8-7-9-12-17;1-13(2,3)10-7-11(14(4,5)6)9-12(15)8-10/h7-9,11-12,15-16H,10,13-14H2,1-6H3;7-9,15H,1-6H3. The van der Waals surface area contributed by atoms with Crippen molar-refractivity contribution in [2.24, 2.45) is 0 Å². The summed E-state index contributed by atoms with van der Waals surface area (Å²) in [6.45, 7) is 26.4. The first-order chi connectivity index (χ1) is 18.7. The lowest BCUT2D eigenvalue weighted by Crippen LogP contribution is -2.16. The van der Waals surface area contributed by atoms with Crippen molar-refractivity contribution in [1.29, 1.82) is 0 Å². The van der Waals surface area contributed by atoms with Gasteiger partial charge < -0.3 is 9.52 Å². The maximum atomic E-state index is 9.72. The highest BCUT2D eigenvalue weighted by Gasteiger charge is 2.25. The molecule has 1 aromatic heterocycles. The number of aromatic hydroxyl groups is 1. The fourth-order valence-corrected chi connectivity index (χ4v) is 4.74. The number of aromatic nitrogens is 1. The Labute approximate surface area is 249 Å². The Morgan fingerprint density at radius 2 is 1.12 bits per heavy atom.